The van der Waals surface area contributed by atoms with Gasteiger partial charge in [-0.1, -0.05) is 55.5 Å². The number of fused-ring (bicyclic) bond motifs is 8. The number of carbonyl (C=O) groups excluding carboxylic acids is 3. The van der Waals surface area contributed by atoms with E-state index in [1.165, 1.54) is 4.90 Å². The Hall–Kier alpha value is -3.51. The van der Waals surface area contributed by atoms with Gasteiger partial charge in [-0.3, -0.25) is 19.3 Å². The predicted molar refractivity (Wildman–Crippen MR) is 129 cm³/mol. The van der Waals surface area contributed by atoms with Gasteiger partial charge in [-0.2, -0.15) is 0 Å². The third-order valence-electron chi connectivity index (χ3n) is 8.49. The molecule has 0 bridgehead atoms. The van der Waals surface area contributed by atoms with E-state index in [9.17, 15) is 14.4 Å². The van der Waals surface area contributed by atoms with Crippen molar-refractivity contribution in [3.63, 3.8) is 0 Å². The van der Waals surface area contributed by atoms with E-state index in [1.807, 2.05) is 60.7 Å². The number of benzene rings is 3. The number of hydrogen-bond acceptors (Lipinski definition) is 4. The number of anilines is 2. The second kappa shape index (κ2) is 6.76. The quantitative estimate of drug-likeness (QED) is 0.602. The zero-order valence-corrected chi connectivity index (χ0v) is 19.0. The van der Waals surface area contributed by atoms with Crippen LogP contribution in [0.2, 0.25) is 0 Å². The van der Waals surface area contributed by atoms with Crippen molar-refractivity contribution in [1.29, 1.82) is 0 Å². The Balaban J connectivity index is 1.42. The molecule has 3 saturated heterocycles. The highest BCUT2D eigenvalue weighted by molar-refractivity contribution is 6.26. The summed E-state index contributed by atoms with van der Waals surface area (Å²) >= 11 is 0. The summed E-state index contributed by atoms with van der Waals surface area (Å²) < 4.78 is 0. The maximum atomic E-state index is 14.1. The van der Waals surface area contributed by atoms with Crippen LogP contribution in [-0.4, -0.2) is 35.2 Å². The fraction of sp³-hybridized carbons (Fsp3) is 0.321. The molecule has 3 aromatic carbocycles. The molecule has 1 spiro atoms. The summed E-state index contributed by atoms with van der Waals surface area (Å²) in [6.07, 6.45) is 2.53. The summed E-state index contributed by atoms with van der Waals surface area (Å²) in [6, 6.07) is 19.5. The van der Waals surface area contributed by atoms with Crippen LogP contribution < -0.4 is 10.2 Å². The van der Waals surface area contributed by atoms with Crippen LogP contribution in [0, 0.1) is 11.8 Å². The standard InChI is InChI=1S/C28H25N3O3/c1-2-16-9-5-10-20-24(16)29-27(34)28(20)23-22(21-11-6-14-30(21)28)25(32)31(26(23)33)19-13-12-17-7-3-4-8-18(17)15-19/h3-5,7-10,12-13,15,21-23H,2,6,11,14H2,1H3,(H,29,34)/t21-,22+,23-,28+/m0/s1. The van der Waals surface area contributed by atoms with Gasteiger partial charge in [0.2, 0.25) is 17.7 Å². The molecule has 7 rings (SSSR count). The van der Waals surface area contributed by atoms with Crippen LogP contribution in [0.15, 0.2) is 60.7 Å². The molecule has 34 heavy (non-hydrogen) atoms. The number of imide groups is 1. The molecular formula is C28H25N3O3. The SMILES string of the molecule is CCc1cccc2c1NC(=O)[C@]21[C@@H]2C(=O)N(c3ccc4ccccc4c3)C(=O)[C@@H]2[C@@H]2CCCN21. The topological polar surface area (TPSA) is 69.7 Å². The Kier molecular flexibility index (Phi) is 3.96. The van der Waals surface area contributed by atoms with E-state index < -0.39 is 17.4 Å². The first-order valence-corrected chi connectivity index (χ1v) is 12.1. The highest BCUT2D eigenvalue weighted by Gasteiger charge is 2.74. The summed E-state index contributed by atoms with van der Waals surface area (Å²) in [5.41, 5.74) is 2.21. The molecule has 0 radical (unpaired) electrons. The van der Waals surface area contributed by atoms with Crippen molar-refractivity contribution in [1.82, 2.24) is 4.90 Å². The van der Waals surface area contributed by atoms with Crippen LogP contribution in [0.3, 0.4) is 0 Å². The van der Waals surface area contributed by atoms with Crippen LogP contribution >= 0.6 is 0 Å². The maximum Gasteiger partial charge on any atom is 0.250 e. The Morgan fingerprint density at radius 1 is 0.971 bits per heavy atom. The number of carbonyl (C=O) groups is 3. The molecule has 3 fully saturated rings. The minimum absolute atomic E-state index is 0.103. The van der Waals surface area contributed by atoms with E-state index in [0.29, 0.717) is 5.69 Å². The second-order valence-corrected chi connectivity index (χ2v) is 9.86. The van der Waals surface area contributed by atoms with E-state index in [2.05, 4.69) is 17.1 Å². The van der Waals surface area contributed by atoms with Gasteiger partial charge in [0.05, 0.1) is 17.5 Å². The highest BCUT2D eigenvalue weighted by Crippen LogP contribution is 2.61. The number of aryl methyl sites for hydroxylation is 1. The minimum atomic E-state index is -1.12. The van der Waals surface area contributed by atoms with Gasteiger partial charge in [-0.15, -0.1) is 0 Å². The van der Waals surface area contributed by atoms with Crippen molar-refractivity contribution < 1.29 is 14.4 Å². The monoisotopic (exact) mass is 451 g/mol. The first-order valence-electron chi connectivity index (χ1n) is 12.1. The van der Waals surface area contributed by atoms with Gasteiger partial charge >= 0.3 is 0 Å². The molecule has 0 aromatic heterocycles. The molecule has 4 aliphatic heterocycles. The molecule has 6 nitrogen and oxygen atoms in total. The summed E-state index contributed by atoms with van der Waals surface area (Å²) in [7, 11) is 0. The average Bonchev–Trinajstić information content (AvgIpc) is 3.56. The minimum Gasteiger partial charge on any atom is -0.324 e. The lowest BCUT2D eigenvalue weighted by molar-refractivity contribution is -0.135. The van der Waals surface area contributed by atoms with Gasteiger partial charge in [0.1, 0.15) is 5.54 Å². The van der Waals surface area contributed by atoms with Gasteiger partial charge in [0, 0.05) is 17.3 Å². The van der Waals surface area contributed by atoms with Crippen molar-refractivity contribution >= 4 is 39.9 Å². The molecule has 4 aliphatic rings. The van der Waals surface area contributed by atoms with E-state index in [4.69, 9.17) is 0 Å². The van der Waals surface area contributed by atoms with Crippen molar-refractivity contribution in [2.24, 2.45) is 11.8 Å². The molecular weight excluding hydrogens is 426 g/mol. The van der Waals surface area contributed by atoms with Crippen molar-refractivity contribution in [2.75, 3.05) is 16.8 Å². The lowest BCUT2D eigenvalue weighted by Crippen LogP contribution is -2.54. The number of nitrogens with zero attached hydrogens (tertiary/aromatic N) is 2. The van der Waals surface area contributed by atoms with Gasteiger partial charge < -0.3 is 5.32 Å². The molecule has 0 saturated carbocycles. The lowest BCUT2D eigenvalue weighted by atomic mass is 9.75. The van der Waals surface area contributed by atoms with Gasteiger partial charge in [0.15, 0.2) is 0 Å². The van der Waals surface area contributed by atoms with E-state index in [0.717, 1.165) is 53.4 Å². The third-order valence-corrected chi connectivity index (χ3v) is 8.49. The number of hydrogen-bond donors (Lipinski definition) is 1. The molecule has 6 heteroatoms. The summed E-state index contributed by atoms with van der Waals surface area (Å²) in [4.78, 5) is 45.4. The van der Waals surface area contributed by atoms with Crippen LogP contribution in [0.25, 0.3) is 10.8 Å². The zero-order valence-electron chi connectivity index (χ0n) is 19.0. The highest BCUT2D eigenvalue weighted by atomic mass is 16.2. The van der Waals surface area contributed by atoms with Crippen molar-refractivity contribution in [2.45, 2.75) is 37.8 Å². The Morgan fingerprint density at radius 2 is 1.79 bits per heavy atom. The van der Waals surface area contributed by atoms with Gasteiger partial charge in [-0.25, -0.2) is 4.90 Å². The summed E-state index contributed by atoms with van der Waals surface area (Å²) in [6.45, 7) is 2.78. The van der Waals surface area contributed by atoms with Crippen LogP contribution in [0.1, 0.15) is 30.9 Å². The molecule has 0 unspecified atom stereocenters. The third kappa shape index (κ3) is 2.22. The van der Waals surface area contributed by atoms with Crippen LogP contribution in [0.4, 0.5) is 11.4 Å². The Labute approximate surface area is 197 Å². The van der Waals surface area contributed by atoms with Crippen LogP contribution in [0.5, 0.6) is 0 Å². The summed E-state index contributed by atoms with van der Waals surface area (Å²) in [5.74, 6) is -1.82. The molecule has 170 valence electrons. The fourth-order valence-corrected chi connectivity index (χ4v) is 7.16. The first-order chi connectivity index (χ1) is 16.6. The van der Waals surface area contributed by atoms with Crippen molar-refractivity contribution in [3.8, 4) is 0 Å². The van der Waals surface area contributed by atoms with Gasteiger partial charge in [-0.05, 0) is 54.3 Å². The predicted octanol–water partition coefficient (Wildman–Crippen LogP) is 3.83. The molecule has 4 heterocycles. The Bertz CT molecular complexity index is 1420. The lowest BCUT2D eigenvalue weighted by Gasteiger charge is -2.36. The van der Waals surface area contributed by atoms with E-state index >= 15 is 0 Å². The van der Waals surface area contributed by atoms with Gasteiger partial charge in [0.25, 0.3) is 0 Å². The summed E-state index contributed by atoms with van der Waals surface area (Å²) in [5, 5.41) is 5.16. The molecule has 3 amide bonds. The van der Waals surface area contributed by atoms with Crippen LogP contribution in [-0.2, 0) is 26.3 Å². The normalized spacial score (nSPS) is 29.7. The number of para-hydroxylation sites is 1. The first kappa shape index (κ1) is 19.9. The molecule has 4 atom stereocenters. The maximum absolute atomic E-state index is 14.1. The second-order valence-electron chi connectivity index (χ2n) is 9.86. The average molecular weight is 452 g/mol. The Morgan fingerprint density at radius 3 is 2.62 bits per heavy atom. The molecule has 3 aromatic rings. The number of amides is 3. The van der Waals surface area contributed by atoms with E-state index in [-0.39, 0.29) is 23.8 Å². The number of rotatable bonds is 2. The fourth-order valence-electron chi connectivity index (χ4n) is 7.16. The molecule has 0 aliphatic carbocycles. The zero-order chi connectivity index (χ0) is 23.2. The number of nitrogens with one attached hydrogen (secondary N) is 1. The van der Waals surface area contributed by atoms with E-state index in [1.54, 1.807) is 0 Å². The smallest absolute Gasteiger partial charge is 0.250 e. The largest absolute Gasteiger partial charge is 0.324 e. The van der Waals surface area contributed by atoms with Crippen molar-refractivity contribution in [3.05, 3.63) is 71.8 Å². The molecule has 1 N–H and O–H groups in total.